The summed E-state index contributed by atoms with van der Waals surface area (Å²) in [5.41, 5.74) is 2.55. The molecule has 36 heavy (non-hydrogen) atoms. The zero-order valence-corrected chi connectivity index (χ0v) is 21.4. The SMILES string of the molecule is CCC1(COCCCCCCOc2ccc(C(=O)Oc3ccc(CCO)cc3C=O)cc2C)COC1. The van der Waals surface area contributed by atoms with Crippen LogP contribution in [0.2, 0.25) is 0 Å². The minimum absolute atomic E-state index is 0.0176. The van der Waals surface area contributed by atoms with Crippen molar-refractivity contribution in [3.05, 3.63) is 58.7 Å². The van der Waals surface area contributed by atoms with Gasteiger partial charge in [-0.05, 0) is 80.5 Å². The van der Waals surface area contributed by atoms with E-state index in [9.17, 15) is 9.59 Å². The van der Waals surface area contributed by atoms with Gasteiger partial charge >= 0.3 is 5.97 Å². The predicted octanol–water partition coefficient (Wildman–Crippen LogP) is 4.94. The molecule has 1 N–H and O–H groups in total. The van der Waals surface area contributed by atoms with Crippen LogP contribution in [-0.4, -0.2) is 57.0 Å². The van der Waals surface area contributed by atoms with E-state index in [1.807, 2.05) is 6.92 Å². The van der Waals surface area contributed by atoms with Crippen LogP contribution in [0.5, 0.6) is 11.5 Å². The molecule has 0 bridgehead atoms. The number of carbonyl (C=O) groups excluding carboxylic acids is 2. The van der Waals surface area contributed by atoms with Crippen LogP contribution in [-0.2, 0) is 15.9 Å². The van der Waals surface area contributed by atoms with Crippen molar-refractivity contribution < 1.29 is 33.6 Å². The Morgan fingerprint density at radius 2 is 1.81 bits per heavy atom. The first-order valence-electron chi connectivity index (χ1n) is 12.8. The summed E-state index contributed by atoms with van der Waals surface area (Å²) in [5.74, 6) is 0.394. The average Bonchev–Trinajstić information content (AvgIpc) is 2.86. The van der Waals surface area contributed by atoms with Crippen LogP contribution in [0.1, 0.15) is 70.9 Å². The number of hydrogen-bond acceptors (Lipinski definition) is 7. The molecule has 0 radical (unpaired) electrons. The van der Waals surface area contributed by atoms with Crippen LogP contribution in [0.3, 0.4) is 0 Å². The highest BCUT2D eigenvalue weighted by Crippen LogP contribution is 2.31. The van der Waals surface area contributed by atoms with Crippen molar-refractivity contribution in [2.24, 2.45) is 5.41 Å². The van der Waals surface area contributed by atoms with E-state index in [-0.39, 0.29) is 23.3 Å². The van der Waals surface area contributed by atoms with E-state index in [2.05, 4.69) is 6.92 Å². The molecule has 0 aromatic heterocycles. The summed E-state index contributed by atoms with van der Waals surface area (Å²) in [7, 11) is 0. The monoisotopic (exact) mass is 498 g/mol. The van der Waals surface area contributed by atoms with Crippen LogP contribution in [0.4, 0.5) is 0 Å². The highest BCUT2D eigenvalue weighted by Gasteiger charge is 2.36. The molecule has 1 fully saturated rings. The first kappa shape index (κ1) is 27.8. The Kier molecular flexibility index (Phi) is 10.9. The Balaban J connectivity index is 1.37. The van der Waals surface area contributed by atoms with Gasteiger partial charge in [0.2, 0.25) is 0 Å². The zero-order chi connectivity index (χ0) is 25.8. The summed E-state index contributed by atoms with van der Waals surface area (Å²) in [6.07, 6.45) is 6.36. The first-order valence-corrected chi connectivity index (χ1v) is 12.8. The van der Waals surface area contributed by atoms with Crippen LogP contribution in [0.15, 0.2) is 36.4 Å². The van der Waals surface area contributed by atoms with Gasteiger partial charge in [0.05, 0.1) is 37.6 Å². The molecule has 1 saturated heterocycles. The van der Waals surface area contributed by atoms with Gasteiger partial charge in [-0.25, -0.2) is 4.79 Å². The standard InChI is InChI=1S/C29H38O7/c1-3-29(20-34-21-29)19-33-14-6-4-5-7-15-35-26-11-9-24(16-22(26)2)28(32)36-27-10-8-23(12-13-30)17-25(27)18-31/h8-11,16-18,30H,3-7,12-15,19-21H2,1-2H3. The number of esters is 1. The molecule has 0 saturated carbocycles. The number of unbranched alkanes of at least 4 members (excludes halogenated alkanes) is 3. The third kappa shape index (κ3) is 7.88. The second-order valence-corrected chi connectivity index (χ2v) is 9.50. The lowest BCUT2D eigenvalue weighted by Gasteiger charge is -2.40. The Bertz CT molecular complexity index is 992. The Morgan fingerprint density at radius 3 is 2.44 bits per heavy atom. The van der Waals surface area contributed by atoms with Gasteiger partial charge in [-0.2, -0.15) is 0 Å². The number of ether oxygens (including phenoxy) is 4. The third-order valence-electron chi connectivity index (χ3n) is 6.63. The molecule has 196 valence electrons. The van der Waals surface area contributed by atoms with Gasteiger partial charge in [-0.1, -0.05) is 19.4 Å². The van der Waals surface area contributed by atoms with Gasteiger partial charge in [-0.3, -0.25) is 4.79 Å². The van der Waals surface area contributed by atoms with Crippen LogP contribution >= 0.6 is 0 Å². The summed E-state index contributed by atoms with van der Waals surface area (Å²) >= 11 is 0. The minimum Gasteiger partial charge on any atom is -0.493 e. The second kappa shape index (κ2) is 14.1. The number of aldehydes is 1. The summed E-state index contributed by atoms with van der Waals surface area (Å²) in [5, 5.41) is 9.06. The minimum atomic E-state index is -0.542. The molecule has 0 aliphatic carbocycles. The summed E-state index contributed by atoms with van der Waals surface area (Å²) in [6, 6.07) is 10.1. The van der Waals surface area contributed by atoms with E-state index >= 15 is 0 Å². The van der Waals surface area contributed by atoms with E-state index < -0.39 is 5.97 Å². The molecule has 2 aromatic rings. The van der Waals surface area contributed by atoms with Crippen molar-refractivity contribution in [3.8, 4) is 11.5 Å². The summed E-state index contributed by atoms with van der Waals surface area (Å²) in [4.78, 5) is 24.0. The maximum atomic E-state index is 12.6. The largest absolute Gasteiger partial charge is 0.493 e. The van der Waals surface area contributed by atoms with Gasteiger partial charge < -0.3 is 24.1 Å². The normalized spacial score (nSPS) is 14.2. The fourth-order valence-corrected chi connectivity index (χ4v) is 4.08. The van der Waals surface area contributed by atoms with Crippen LogP contribution < -0.4 is 9.47 Å². The molecule has 2 aromatic carbocycles. The number of carbonyl (C=O) groups is 2. The number of rotatable bonds is 16. The Labute approximate surface area is 213 Å². The molecule has 7 nitrogen and oxygen atoms in total. The number of hydrogen-bond donors (Lipinski definition) is 1. The molecule has 0 atom stereocenters. The molecule has 1 aliphatic rings. The molecule has 0 unspecified atom stereocenters. The zero-order valence-electron chi connectivity index (χ0n) is 21.4. The van der Waals surface area contributed by atoms with Gasteiger partial charge in [0.15, 0.2) is 6.29 Å². The molecule has 1 heterocycles. The van der Waals surface area contributed by atoms with Crippen molar-refractivity contribution in [2.75, 3.05) is 39.6 Å². The molecule has 1 aliphatic heterocycles. The van der Waals surface area contributed by atoms with Crippen molar-refractivity contribution in [1.82, 2.24) is 0 Å². The van der Waals surface area contributed by atoms with Crippen LogP contribution in [0.25, 0.3) is 0 Å². The highest BCUT2D eigenvalue weighted by molar-refractivity contribution is 5.93. The van der Waals surface area contributed by atoms with Gasteiger partial charge in [0.25, 0.3) is 0 Å². The maximum absolute atomic E-state index is 12.6. The summed E-state index contributed by atoms with van der Waals surface area (Å²) < 4.78 is 22.5. The van der Waals surface area contributed by atoms with Gasteiger partial charge in [-0.15, -0.1) is 0 Å². The molecule has 7 heteroatoms. The van der Waals surface area contributed by atoms with Gasteiger partial charge in [0.1, 0.15) is 11.5 Å². The first-order chi connectivity index (χ1) is 17.5. The summed E-state index contributed by atoms with van der Waals surface area (Å²) in [6.45, 7) is 7.91. The number of aliphatic hydroxyl groups is 1. The van der Waals surface area contributed by atoms with E-state index in [0.29, 0.717) is 24.9 Å². The quantitative estimate of drug-likeness (QED) is 0.152. The average molecular weight is 499 g/mol. The van der Waals surface area contributed by atoms with Crippen molar-refractivity contribution in [1.29, 1.82) is 0 Å². The fraction of sp³-hybridized carbons (Fsp3) is 0.517. The molecule has 3 rings (SSSR count). The van der Waals surface area contributed by atoms with Crippen molar-refractivity contribution in [2.45, 2.75) is 52.4 Å². The molecule has 0 spiro atoms. The topological polar surface area (TPSA) is 91.3 Å². The highest BCUT2D eigenvalue weighted by atomic mass is 16.5. The van der Waals surface area contributed by atoms with E-state index in [4.69, 9.17) is 24.1 Å². The van der Waals surface area contributed by atoms with E-state index in [0.717, 1.165) is 75.4 Å². The number of aliphatic hydroxyl groups excluding tert-OH is 1. The smallest absolute Gasteiger partial charge is 0.343 e. The lowest BCUT2D eigenvalue weighted by molar-refractivity contribution is -0.150. The maximum Gasteiger partial charge on any atom is 0.343 e. The molecular weight excluding hydrogens is 460 g/mol. The number of benzene rings is 2. The van der Waals surface area contributed by atoms with E-state index in [1.165, 1.54) is 0 Å². The second-order valence-electron chi connectivity index (χ2n) is 9.50. The predicted molar refractivity (Wildman–Crippen MR) is 137 cm³/mol. The fourth-order valence-electron chi connectivity index (χ4n) is 4.08. The Hall–Kier alpha value is -2.74. The lowest BCUT2D eigenvalue weighted by Crippen LogP contribution is -2.45. The number of aryl methyl sites for hydroxylation is 1. The van der Waals surface area contributed by atoms with Crippen molar-refractivity contribution >= 4 is 12.3 Å². The van der Waals surface area contributed by atoms with E-state index in [1.54, 1.807) is 36.4 Å². The molecule has 0 amide bonds. The lowest BCUT2D eigenvalue weighted by atomic mass is 9.84. The third-order valence-corrected chi connectivity index (χ3v) is 6.63. The van der Waals surface area contributed by atoms with Crippen LogP contribution in [0, 0.1) is 12.3 Å². The Morgan fingerprint density at radius 1 is 1.06 bits per heavy atom. The molecular formula is C29H38O7. The van der Waals surface area contributed by atoms with Crippen molar-refractivity contribution in [3.63, 3.8) is 0 Å². The van der Waals surface area contributed by atoms with Gasteiger partial charge in [0, 0.05) is 18.6 Å².